The predicted molar refractivity (Wildman–Crippen MR) is 75.4 cm³/mol. The summed E-state index contributed by atoms with van der Waals surface area (Å²) in [5, 5.41) is 3.74. The summed E-state index contributed by atoms with van der Waals surface area (Å²) < 4.78 is 2.25. The Morgan fingerprint density at radius 3 is 2.89 bits per heavy atom. The highest BCUT2D eigenvalue weighted by Gasteiger charge is 2.26. The molecule has 18 heavy (non-hydrogen) atoms. The van der Waals surface area contributed by atoms with Gasteiger partial charge >= 0.3 is 0 Å². The SMILES string of the molecule is CC1CCCC(NCc2cncn2C(C)C)C1C. The van der Waals surface area contributed by atoms with Gasteiger partial charge in [-0.05, 0) is 32.1 Å². The van der Waals surface area contributed by atoms with E-state index in [2.05, 4.69) is 42.6 Å². The molecule has 1 aromatic rings. The lowest BCUT2D eigenvalue weighted by Gasteiger charge is -2.34. The topological polar surface area (TPSA) is 29.9 Å². The predicted octanol–water partition coefficient (Wildman–Crippen LogP) is 3.38. The Bertz CT molecular complexity index is 370. The zero-order chi connectivity index (χ0) is 13.1. The third-order valence-electron chi connectivity index (χ3n) is 4.55. The van der Waals surface area contributed by atoms with Gasteiger partial charge in [-0.3, -0.25) is 0 Å². The van der Waals surface area contributed by atoms with Gasteiger partial charge in [0.2, 0.25) is 0 Å². The molecule has 0 spiro atoms. The van der Waals surface area contributed by atoms with Crippen LogP contribution in [0.15, 0.2) is 12.5 Å². The van der Waals surface area contributed by atoms with Crippen LogP contribution < -0.4 is 5.32 Å². The van der Waals surface area contributed by atoms with Crippen molar-refractivity contribution in [2.24, 2.45) is 11.8 Å². The van der Waals surface area contributed by atoms with Gasteiger partial charge in [-0.2, -0.15) is 0 Å². The van der Waals surface area contributed by atoms with E-state index in [0.717, 1.165) is 18.4 Å². The molecule has 0 bridgehead atoms. The van der Waals surface area contributed by atoms with Gasteiger partial charge in [0, 0.05) is 24.8 Å². The van der Waals surface area contributed by atoms with Crippen LogP contribution in [-0.4, -0.2) is 15.6 Å². The largest absolute Gasteiger partial charge is 0.331 e. The van der Waals surface area contributed by atoms with Gasteiger partial charge in [-0.1, -0.05) is 26.7 Å². The van der Waals surface area contributed by atoms with E-state index in [4.69, 9.17) is 0 Å². The first-order valence-electron chi connectivity index (χ1n) is 7.33. The average Bonchev–Trinajstić information content (AvgIpc) is 2.79. The van der Waals surface area contributed by atoms with Crippen LogP contribution >= 0.6 is 0 Å². The third kappa shape index (κ3) is 2.94. The number of imidazole rings is 1. The van der Waals surface area contributed by atoms with Gasteiger partial charge in [0.1, 0.15) is 0 Å². The second-order valence-corrected chi connectivity index (χ2v) is 6.14. The first-order valence-corrected chi connectivity index (χ1v) is 7.33. The molecule has 1 aromatic heterocycles. The summed E-state index contributed by atoms with van der Waals surface area (Å²) in [4.78, 5) is 4.26. The van der Waals surface area contributed by atoms with Crippen molar-refractivity contribution in [2.75, 3.05) is 0 Å². The maximum atomic E-state index is 4.26. The molecule has 3 atom stereocenters. The van der Waals surface area contributed by atoms with E-state index in [1.807, 2.05) is 12.5 Å². The Hall–Kier alpha value is -0.830. The van der Waals surface area contributed by atoms with E-state index in [9.17, 15) is 0 Å². The minimum absolute atomic E-state index is 0.493. The summed E-state index contributed by atoms with van der Waals surface area (Å²) >= 11 is 0. The number of nitrogens with zero attached hydrogens (tertiary/aromatic N) is 2. The number of hydrogen-bond acceptors (Lipinski definition) is 2. The fourth-order valence-electron chi connectivity index (χ4n) is 3.04. The molecule has 102 valence electrons. The van der Waals surface area contributed by atoms with E-state index >= 15 is 0 Å². The van der Waals surface area contributed by atoms with Crippen molar-refractivity contribution in [1.82, 2.24) is 14.9 Å². The van der Waals surface area contributed by atoms with Crippen LogP contribution in [-0.2, 0) is 6.54 Å². The Kier molecular flexibility index (Phi) is 4.44. The fraction of sp³-hybridized carbons (Fsp3) is 0.800. The van der Waals surface area contributed by atoms with Gasteiger partial charge in [-0.15, -0.1) is 0 Å². The van der Waals surface area contributed by atoms with E-state index in [0.29, 0.717) is 12.1 Å². The molecular weight excluding hydrogens is 222 g/mol. The molecule has 1 aliphatic carbocycles. The molecule has 1 N–H and O–H groups in total. The first-order chi connectivity index (χ1) is 8.59. The van der Waals surface area contributed by atoms with Gasteiger partial charge in [0.25, 0.3) is 0 Å². The van der Waals surface area contributed by atoms with Crippen molar-refractivity contribution < 1.29 is 0 Å². The van der Waals surface area contributed by atoms with Crippen LogP contribution in [0.5, 0.6) is 0 Å². The average molecular weight is 249 g/mol. The maximum absolute atomic E-state index is 4.26. The Labute approximate surface area is 111 Å². The summed E-state index contributed by atoms with van der Waals surface area (Å²) in [7, 11) is 0. The standard InChI is InChI=1S/C15H27N3/c1-11(2)18-10-16-8-14(18)9-17-15-7-5-6-12(3)13(15)4/h8,10-13,15,17H,5-7,9H2,1-4H3. The highest BCUT2D eigenvalue weighted by Crippen LogP contribution is 2.29. The molecule has 1 fully saturated rings. The van der Waals surface area contributed by atoms with Crippen molar-refractivity contribution in [3.05, 3.63) is 18.2 Å². The van der Waals surface area contributed by atoms with Crippen LogP contribution in [0.25, 0.3) is 0 Å². The van der Waals surface area contributed by atoms with Crippen molar-refractivity contribution in [3.8, 4) is 0 Å². The molecule has 3 nitrogen and oxygen atoms in total. The lowest BCUT2D eigenvalue weighted by Crippen LogP contribution is -2.40. The van der Waals surface area contributed by atoms with Crippen LogP contribution in [0.3, 0.4) is 0 Å². The summed E-state index contributed by atoms with van der Waals surface area (Å²) in [6, 6.07) is 1.16. The normalized spacial score (nSPS) is 28.8. The highest BCUT2D eigenvalue weighted by atomic mass is 15.1. The molecule has 0 aromatic carbocycles. The zero-order valence-corrected chi connectivity index (χ0v) is 12.2. The van der Waals surface area contributed by atoms with E-state index < -0.39 is 0 Å². The number of hydrogen-bond donors (Lipinski definition) is 1. The van der Waals surface area contributed by atoms with Crippen LogP contribution in [0.4, 0.5) is 0 Å². The number of aromatic nitrogens is 2. The maximum Gasteiger partial charge on any atom is 0.0951 e. The second-order valence-electron chi connectivity index (χ2n) is 6.14. The summed E-state index contributed by atoms with van der Waals surface area (Å²) in [5.74, 6) is 1.64. The molecule has 3 unspecified atom stereocenters. The molecule has 1 saturated carbocycles. The molecule has 0 saturated heterocycles. The molecule has 0 aliphatic heterocycles. The molecule has 0 amide bonds. The van der Waals surface area contributed by atoms with Gasteiger partial charge < -0.3 is 9.88 Å². The van der Waals surface area contributed by atoms with E-state index in [1.54, 1.807) is 0 Å². The summed E-state index contributed by atoms with van der Waals surface area (Å²) in [5.41, 5.74) is 1.30. The highest BCUT2D eigenvalue weighted by molar-refractivity contribution is 5.00. The lowest BCUT2D eigenvalue weighted by atomic mass is 9.78. The zero-order valence-electron chi connectivity index (χ0n) is 12.2. The van der Waals surface area contributed by atoms with Gasteiger partial charge in [0.05, 0.1) is 12.0 Å². The van der Waals surface area contributed by atoms with E-state index in [-0.39, 0.29) is 0 Å². The lowest BCUT2D eigenvalue weighted by molar-refractivity contribution is 0.205. The van der Waals surface area contributed by atoms with Crippen LogP contribution in [0, 0.1) is 11.8 Å². The van der Waals surface area contributed by atoms with Gasteiger partial charge in [-0.25, -0.2) is 4.98 Å². The van der Waals surface area contributed by atoms with Crippen molar-refractivity contribution in [3.63, 3.8) is 0 Å². The Balaban J connectivity index is 1.92. The molecule has 1 heterocycles. The van der Waals surface area contributed by atoms with Crippen molar-refractivity contribution in [2.45, 2.75) is 65.6 Å². The molecule has 0 radical (unpaired) electrons. The molecular formula is C15H27N3. The second kappa shape index (κ2) is 5.87. The van der Waals surface area contributed by atoms with Gasteiger partial charge in [0.15, 0.2) is 0 Å². The third-order valence-corrected chi connectivity index (χ3v) is 4.55. The molecule has 3 heteroatoms. The van der Waals surface area contributed by atoms with Crippen LogP contribution in [0.1, 0.15) is 58.7 Å². The molecule has 2 rings (SSSR count). The fourth-order valence-corrected chi connectivity index (χ4v) is 3.04. The summed E-state index contributed by atoms with van der Waals surface area (Å²) in [6.07, 6.45) is 8.01. The van der Waals surface area contributed by atoms with E-state index in [1.165, 1.54) is 25.0 Å². The Morgan fingerprint density at radius 2 is 2.17 bits per heavy atom. The quantitative estimate of drug-likeness (QED) is 0.886. The first kappa shape index (κ1) is 13.6. The summed E-state index contributed by atoms with van der Waals surface area (Å²) in [6.45, 7) is 10.1. The number of rotatable bonds is 4. The smallest absolute Gasteiger partial charge is 0.0951 e. The van der Waals surface area contributed by atoms with Crippen molar-refractivity contribution in [1.29, 1.82) is 0 Å². The number of nitrogens with one attached hydrogen (secondary N) is 1. The Morgan fingerprint density at radius 1 is 1.39 bits per heavy atom. The van der Waals surface area contributed by atoms with Crippen LogP contribution in [0.2, 0.25) is 0 Å². The minimum atomic E-state index is 0.493. The molecule has 1 aliphatic rings. The monoisotopic (exact) mass is 249 g/mol. The van der Waals surface area contributed by atoms with Crippen molar-refractivity contribution >= 4 is 0 Å². The minimum Gasteiger partial charge on any atom is -0.331 e.